The summed E-state index contributed by atoms with van der Waals surface area (Å²) in [7, 11) is 0. The number of hydrogen-bond acceptors (Lipinski definition) is 3. The Labute approximate surface area is 128 Å². The minimum atomic E-state index is -1.10. The average Bonchev–Trinajstić information content (AvgIpc) is 2.93. The van der Waals surface area contributed by atoms with Crippen LogP contribution in [0, 0.1) is 0 Å². The average molecular weight is 302 g/mol. The quantitative estimate of drug-likeness (QED) is 0.728. The maximum absolute atomic E-state index is 11.9. The van der Waals surface area contributed by atoms with Crippen LogP contribution in [-0.2, 0) is 14.4 Å². The van der Waals surface area contributed by atoms with Gasteiger partial charge in [-0.05, 0) is 18.4 Å². The zero-order valence-corrected chi connectivity index (χ0v) is 12.0. The first kappa shape index (κ1) is 15.8. The summed E-state index contributed by atoms with van der Waals surface area (Å²) in [5, 5.41) is 14.2. The van der Waals surface area contributed by atoms with Gasteiger partial charge in [0, 0.05) is 6.42 Å². The van der Waals surface area contributed by atoms with Crippen LogP contribution in [0.5, 0.6) is 0 Å². The van der Waals surface area contributed by atoms with Crippen LogP contribution >= 0.6 is 0 Å². The highest BCUT2D eigenvalue weighted by Crippen LogP contribution is 2.08. The normalized spacial score (nSPS) is 18.9. The number of hydrogen-bond donors (Lipinski definition) is 3. The molecule has 1 saturated heterocycles. The van der Waals surface area contributed by atoms with E-state index in [-0.39, 0.29) is 12.3 Å². The van der Waals surface area contributed by atoms with Gasteiger partial charge in [0.2, 0.25) is 11.8 Å². The van der Waals surface area contributed by atoms with Crippen molar-refractivity contribution in [2.75, 3.05) is 0 Å². The molecule has 0 spiro atoms. The van der Waals surface area contributed by atoms with Gasteiger partial charge in [-0.3, -0.25) is 9.59 Å². The Kier molecular flexibility index (Phi) is 5.30. The standard InChI is InChI=1S/C16H18N2O4/c19-14-10-9-12(17-14)15(20)18-13(16(21)22)8-4-7-11-5-2-1-3-6-11/h1-7,12-13H,8-10H2,(H,17,19)(H,18,20)(H,21,22)/b7-4+/t12-,13+/m0/s1. The zero-order valence-electron chi connectivity index (χ0n) is 12.0. The lowest BCUT2D eigenvalue weighted by Gasteiger charge is -2.16. The summed E-state index contributed by atoms with van der Waals surface area (Å²) < 4.78 is 0. The van der Waals surface area contributed by atoms with E-state index >= 15 is 0 Å². The number of benzene rings is 1. The van der Waals surface area contributed by atoms with Crippen LogP contribution in [-0.4, -0.2) is 35.0 Å². The van der Waals surface area contributed by atoms with Gasteiger partial charge in [0.15, 0.2) is 0 Å². The van der Waals surface area contributed by atoms with E-state index in [9.17, 15) is 19.5 Å². The minimum absolute atomic E-state index is 0.177. The summed E-state index contributed by atoms with van der Waals surface area (Å²) in [5.41, 5.74) is 0.959. The van der Waals surface area contributed by atoms with E-state index in [2.05, 4.69) is 10.6 Å². The Hall–Kier alpha value is -2.63. The maximum Gasteiger partial charge on any atom is 0.326 e. The molecule has 1 fully saturated rings. The second-order valence-electron chi connectivity index (χ2n) is 5.11. The highest BCUT2D eigenvalue weighted by molar-refractivity contribution is 5.92. The van der Waals surface area contributed by atoms with Gasteiger partial charge in [-0.15, -0.1) is 0 Å². The monoisotopic (exact) mass is 302 g/mol. The molecule has 6 nitrogen and oxygen atoms in total. The first-order chi connectivity index (χ1) is 10.6. The molecular weight excluding hydrogens is 284 g/mol. The van der Waals surface area contributed by atoms with Crippen molar-refractivity contribution >= 4 is 23.9 Å². The van der Waals surface area contributed by atoms with Crippen molar-refractivity contribution in [3.63, 3.8) is 0 Å². The summed E-state index contributed by atoms with van der Waals surface area (Å²) in [5.74, 6) is -1.74. The van der Waals surface area contributed by atoms with Crippen molar-refractivity contribution in [1.82, 2.24) is 10.6 Å². The first-order valence-electron chi connectivity index (χ1n) is 7.10. The number of rotatable bonds is 6. The molecule has 2 rings (SSSR count). The number of carboxylic acids is 1. The molecule has 0 radical (unpaired) electrons. The molecule has 0 saturated carbocycles. The highest BCUT2D eigenvalue weighted by atomic mass is 16.4. The number of carboxylic acid groups (broad SMARTS) is 1. The topological polar surface area (TPSA) is 95.5 Å². The molecule has 2 atom stereocenters. The molecular formula is C16H18N2O4. The van der Waals surface area contributed by atoms with Gasteiger partial charge >= 0.3 is 5.97 Å². The molecule has 1 heterocycles. The predicted octanol–water partition coefficient (Wildman–Crippen LogP) is 0.938. The van der Waals surface area contributed by atoms with E-state index in [0.717, 1.165) is 5.56 Å². The van der Waals surface area contributed by atoms with Gasteiger partial charge in [0.05, 0.1) is 0 Å². The van der Waals surface area contributed by atoms with Crippen LogP contribution in [0.3, 0.4) is 0 Å². The van der Waals surface area contributed by atoms with Gasteiger partial charge in [0.1, 0.15) is 12.1 Å². The number of carbonyl (C=O) groups excluding carboxylic acids is 2. The SMILES string of the molecule is O=C1CC[C@@H](C(=O)N[C@H](C/C=C/c2ccccc2)C(=O)O)N1. The van der Waals surface area contributed by atoms with Gasteiger partial charge in [-0.2, -0.15) is 0 Å². The molecule has 22 heavy (non-hydrogen) atoms. The van der Waals surface area contributed by atoms with Crippen molar-refractivity contribution < 1.29 is 19.5 Å². The van der Waals surface area contributed by atoms with E-state index in [1.807, 2.05) is 30.3 Å². The van der Waals surface area contributed by atoms with Gasteiger partial charge in [0.25, 0.3) is 0 Å². The van der Waals surface area contributed by atoms with Gasteiger partial charge in [-0.25, -0.2) is 4.79 Å². The fourth-order valence-electron chi connectivity index (χ4n) is 2.21. The third-order valence-corrected chi connectivity index (χ3v) is 3.41. The summed E-state index contributed by atoms with van der Waals surface area (Å²) in [4.78, 5) is 34.2. The van der Waals surface area contributed by atoms with Crippen LogP contribution in [0.4, 0.5) is 0 Å². The Morgan fingerprint density at radius 1 is 1.36 bits per heavy atom. The van der Waals surface area contributed by atoms with E-state index < -0.39 is 24.0 Å². The highest BCUT2D eigenvalue weighted by Gasteiger charge is 2.29. The molecule has 0 unspecified atom stereocenters. The summed E-state index contributed by atoms with van der Waals surface area (Å²) in [6.45, 7) is 0. The molecule has 6 heteroatoms. The van der Waals surface area contributed by atoms with Crippen molar-refractivity contribution in [2.45, 2.75) is 31.3 Å². The summed E-state index contributed by atoms with van der Waals surface area (Å²) >= 11 is 0. The van der Waals surface area contributed by atoms with E-state index in [0.29, 0.717) is 12.8 Å². The molecule has 1 aliphatic rings. The third-order valence-electron chi connectivity index (χ3n) is 3.41. The molecule has 1 aromatic carbocycles. The minimum Gasteiger partial charge on any atom is -0.480 e. The maximum atomic E-state index is 11.9. The Bertz CT molecular complexity index is 583. The zero-order chi connectivity index (χ0) is 15.9. The van der Waals surface area contributed by atoms with Crippen molar-refractivity contribution in [1.29, 1.82) is 0 Å². The fraction of sp³-hybridized carbons (Fsp3) is 0.312. The van der Waals surface area contributed by atoms with Crippen molar-refractivity contribution in [2.24, 2.45) is 0 Å². The molecule has 3 N–H and O–H groups in total. The fourth-order valence-corrected chi connectivity index (χ4v) is 2.21. The number of nitrogens with one attached hydrogen (secondary N) is 2. The molecule has 116 valence electrons. The number of amides is 2. The summed E-state index contributed by atoms with van der Waals surface area (Å²) in [6, 6.07) is 7.83. The number of carbonyl (C=O) groups is 3. The van der Waals surface area contributed by atoms with Crippen molar-refractivity contribution in [3.05, 3.63) is 42.0 Å². The molecule has 1 aliphatic heterocycles. The largest absolute Gasteiger partial charge is 0.480 e. The molecule has 0 aliphatic carbocycles. The van der Waals surface area contributed by atoms with Crippen molar-refractivity contribution in [3.8, 4) is 0 Å². The lowest BCUT2D eigenvalue weighted by molar-refractivity contribution is -0.142. The first-order valence-corrected chi connectivity index (χ1v) is 7.10. The number of aliphatic carboxylic acids is 1. The Morgan fingerprint density at radius 3 is 2.68 bits per heavy atom. The van der Waals surface area contributed by atoms with Crippen LogP contribution in [0.25, 0.3) is 6.08 Å². The van der Waals surface area contributed by atoms with Crippen LogP contribution < -0.4 is 10.6 Å². The second kappa shape index (κ2) is 7.40. The molecule has 1 aromatic rings. The van der Waals surface area contributed by atoms with E-state index in [1.165, 1.54) is 0 Å². The van der Waals surface area contributed by atoms with Gasteiger partial charge < -0.3 is 15.7 Å². The lowest BCUT2D eigenvalue weighted by atomic mass is 10.1. The van der Waals surface area contributed by atoms with Crippen LogP contribution in [0.1, 0.15) is 24.8 Å². The molecule has 2 amide bonds. The predicted molar refractivity (Wildman–Crippen MR) is 80.8 cm³/mol. The van der Waals surface area contributed by atoms with E-state index in [1.54, 1.807) is 12.2 Å². The summed E-state index contributed by atoms with van der Waals surface area (Å²) in [6.07, 6.45) is 4.39. The third kappa shape index (κ3) is 4.44. The smallest absolute Gasteiger partial charge is 0.326 e. The lowest BCUT2D eigenvalue weighted by Crippen LogP contribution is -2.48. The molecule has 0 bridgehead atoms. The second-order valence-corrected chi connectivity index (χ2v) is 5.11. The molecule has 0 aromatic heterocycles. The van der Waals surface area contributed by atoms with Gasteiger partial charge in [-0.1, -0.05) is 42.5 Å². The Balaban J connectivity index is 1.90. The van der Waals surface area contributed by atoms with Crippen LogP contribution in [0.15, 0.2) is 36.4 Å². The Morgan fingerprint density at radius 2 is 2.09 bits per heavy atom. The van der Waals surface area contributed by atoms with Crippen LogP contribution in [0.2, 0.25) is 0 Å². The van der Waals surface area contributed by atoms with E-state index in [4.69, 9.17) is 0 Å².